The molecule has 2 heterocycles. The third-order valence-corrected chi connectivity index (χ3v) is 10.5. The van der Waals surface area contributed by atoms with Crippen molar-refractivity contribution in [2.45, 2.75) is 69.8 Å². The minimum absolute atomic E-state index is 0.00596. The molecule has 0 radical (unpaired) electrons. The second-order valence-corrected chi connectivity index (χ2v) is 14.3. The van der Waals surface area contributed by atoms with E-state index in [1.54, 1.807) is 52.0 Å². The molecule has 11 nitrogen and oxygen atoms in total. The van der Waals surface area contributed by atoms with Crippen LogP contribution in [0, 0.1) is 18.8 Å². The van der Waals surface area contributed by atoms with Crippen LogP contribution in [0.4, 0.5) is 10.5 Å². The number of amides is 2. The standard InChI is InChI=1S/C33H38N2O9S/c1-7-43-29(37)26-18-21-14-16-34(45(40,41)23-11-8-20(2)9-12-23)28(21)24(15-17-36)33(26)25-19-22(42-6)10-13-27(25)35(30(33)38)31(39)44-32(3,4)5/h8-13,17,19,24,26H,7,14-16,18H2,1-6H3/t24-,26+,33-/m0/s1. The maximum absolute atomic E-state index is 15.0. The number of aldehydes is 1. The van der Waals surface area contributed by atoms with Gasteiger partial charge in [-0.1, -0.05) is 17.7 Å². The molecule has 0 saturated heterocycles. The third kappa shape index (κ3) is 5.18. The second kappa shape index (κ2) is 11.6. The van der Waals surface area contributed by atoms with Gasteiger partial charge in [0.2, 0.25) is 5.91 Å². The second-order valence-electron chi connectivity index (χ2n) is 12.5. The Morgan fingerprint density at radius 1 is 1.11 bits per heavy atom. The van der Waals surface area contributed by atoms with E-state index in [1.807, 2.05) is 6.92 Å². The van der Waals surface area contributed by atoms with Gasteiger partial charge in [-0.15, -0.1) is 0 Å². The van der Waals surface area contributed by atoms with Gasteiger partial charge in [-0.3, -0.25) is 13.9 Å². The number of sulfonamides is 1. The lowest BCUT2D eigenvalue weighted by Crippen LogP contribution is -2.58. The molecule has 2 amide bonds. The highest BCUT2D eigenvalue weighted by atomic mass is 32.2. The molecule has 240 valence electrons. The minimum atomic E-state index is -4.13. The number of aryl methyl sites for hydroxylation is 1. The summed E-state index contributed by atoms with van der Waals surface area (Å²) < 4.78 is 46.2. The van der Waals surface area contributed by atoms with E-state index < -0.39 is 50.8 Å². The van der Waals surface area contributed by atoms with Gasteiger partial charge in [-0.05, 0) is 88.9 Å². The molecule has 5 rings (SSSR count). The zero-order valence-corrected chi connectivity index (χ0v) is 27.1. The molecule has 2 aromatic rings. The fraction of sp³-hybridized carbons (Fsp3) is 0.455. The van der Waals surface area contributed by atoms with Gasteiger partial charge in [0.1, 0.15) is 17.6 Å². The summed E-state index contributed by atoms with van der Waals surface area (Å²) in [6.45, 7) is 8.58. The van der Waals surface area contributed by atoms with E-state index in [-0.39, 0.29) is 47.8 Å². The first-order chi connectivity index (χ1) is 21.2. The van der Waals surface area contributed by atoms with E-state index in [0.717, 1.165) is 10.5 Å². The molecule has 1 aliphatic carbocycles. The molecule has 12 heteroatoms. The highest BCUT2D eigenvalue weighted by Crippen LogP contribution is 2.61. The molecule has 0 fully saturated rings. The number of ether oxygens (including phenoxy) is 3. The largest absolute Gasteiger partial charge is 0.497 e. The number of esters is 1. The van der Waals surface area contributed by atoms with Crippen molar-refractivity contribution < 1.29 is 41.8 Å². The number of carbonyl (C=O) groups excluding carboxylic acids is 4. The van der Waals surface area contributed by atoms with Crippen molar-refractivity contribution in [1.29, 1.82) is 0 Å². The highest BCUT2D eigenvalue weighted by Gasteiger charge is 2.67. The van der Waals surface area contributed by atoms with E-state index >= 15 is 0 Å². The molecule has 45 heavy (non-hydrogen) atoms. The average molecular weight is 639 g/mol. The molecular formula is C33H38N2O9S. The minimum Gasteiger partial charge on any atom is -0.497 e. The number of fused-ring (bicyclic) bond motifs is 2. The first kappa shape index (κ1) is 32.2. The summed E-state index contributed by atoms with van der Waals surface area (Å²) in [7, 11) is -2.69. The average Bonchev–Trinajstić information content (AvgIpc) is 3.51. The van der Waals surface area contributed by atoms with Crippen molar-refractivity contribution in [2.75, 3.05) is 25.2 Å². The van der Waals surface area contributed by atoms with Crippen molar-refractivity contribution in [3.05, 3.63) is 64.9 Å². The van der Waals surface area contributed by atoms with Gasteiger partial charge in [-0.2, -0.15) is 0 Å². The number of rotatable bonds is 7. The van der Waals surface area contributed by atoms with Crippen LogP contribution in [-0.4, -0.2) is 62.8 Å². The number of allylic oxidation sites excluding steroid dienone is 1. The number of carbonyl (C=O) groups is 4. The summed E-state index contributed by atoms with van der Waals surface area (Å²) in [5.41, 5.74) is -0.616. The van der Waals surface area contributed by atoms with E-state index in [0.29, 0.717) is 24.0 Å². The van der Waals surface area contributed by atoms with Gasteiger partial charge in [-0.25, -0.2) is 18.1 Å². The molecule has 2 aromatic carbocycles. The van der Waals surface area contributed by atoms with Crippen molar-refractivity contribution in [3.8, 4) is 5.75 Å². The van der Waals surface area contributed by atoms with Crippen molar-refractivity contribution in [2.24, 2.45) is 11.8 Å². The van der Waals surface area contributed by atoms with Gasteiger partial charge in [0, 0.05) is 24.6 Å². The van der Waals surface area contributed by atoms with Crippen LogP contribution in [0.3, 0.4) is 0 Å². The van der Waals surface area contributed by atoms with Gasteiger partial charge in [0.05, 0.1) is 35.6 Å². The predicted molar refractivity (Wildman–Crippen MR) is 164 cm³/mol. The van der Waals surface area contributed by atoms with Crippen molar-refractivity contribution in [3.63, 3.8) is 0 Å². The monoisotopic (exact) mass is 638 g/mol. The lowest BCUT2D eigenvalue weighted by Gasteiger charge is -2.46. The van der Waals surface area contributed by atoms with Crippen LogP contribution in [0.25, 0.3) is 0 Å². The maximum Gasteiger partial charge on any atom is 0.421 e. The fourth-order valence-corrected chi connectivity index (χ4v) is 8.47. The van der Waals surface area contributed by atoms with Gasteiger partial charge >= 0.3 is 12.1 Å². The number of benzene rings is 2. The molecule has 0 unspecified atom stereocenters. The molecule has 0 N–H and O–H groups in total. The number of nitrogens with zero attached hydrogens (tertiary/aromatic N) is 2. The summed E-state index contributed by atoms with van der Waals surface area (Å²) in [6.07, 6.45) is -0.356. The molecule has 2 aliphatic heterocycles. The topological polar surface area (TPSA) is 137 Å². The van der Waals surface area contributed by atoms with E-state index in [1.165, 1.54) is 29.6 Å². The third-order valence-electron chi connectivity index (χ3n) is 8.66. The summed E-state index contributed by atoms with van der Waals surface area (Å²) in [5, 5.41) is 0. The van der Waals surface area contributed by atoms with Gasteiger partial charge in [0.15, 0.2) is 0 Å². The van der Waals surface area contributed by atoms with Crippen LogP contribution < -0.4 is 9.64 Å². The van der Waals surface area contributed by atoms with Crippen LogP contribution >= 0.6 is 0 Å². The summed E-state index contributed by atoms with van der Waals surface area (Å²) in [4.78, 5) is 56.0. The summed E-state index contributed by atoms with van der Waals surface area (Å²) in [5.74, 6) is -3.45. The van der Waals surface area contributed by atoms with Crippen LogP contribution in [0.2, 0.25) is 0 Å². The molecule has 0 saturated carbocycles. The predicted octanol–water partition coefficient (Wildman–Crippen LogP) is 4.66. The number of hydrogen-bond acceptors (Lipinski definition) is 9. The van der Waals surface area contributed by atoms with Crippen molar-refractivity contribution in [1.82, 2.24) is 4.31 Å². The van der Waals surface area contributed by atoms with Crippen LogP contribution in [-0.2, 0) is 39.3 Å². The number of imide groups is 1. The Labute approximate surface area is 263 Å². The molecular weight excluding hydrogens is 600 g/mol. The Hall–Kier alpha value is -4.19. The lowest BCUT2D eigenvalue weighted by atomic mass is 9.56. The molecule has 3 atom stereocenters. The molecule has 1 spiro atoms. The summed E-state index contributed by atoms with van der Waals surface area (Å²) in [6, 6.07) is 11.1. The zero-order valence-electron chi connectivity index (χ0n) is 26.3. The van der Waals surface area contributed by atoms with Crippen molar-refractivity contribution >= 4 is 40.0 Å². The summed E-state index contributed by atoms with van der Waals surface area (Å²) >= 11 is 0. The van der Waals surface area contributed by atoms with Crippen LogP contribution in [0.1, 0.15) is 58.1 Å². The Morgan fingerprint density at radius 2 is 1.80 bits per heavy atom. The van der Waals surface area contributed by atoms with Crippen LogP contribution in [0.15, 0.2) is 58.6 Å². The Balaban J connectivity index is 1.79. The quantitative estimate of drug-likeness (QED) is 0.313. The van der Waals surface area contributed by atoms with Crippen LogP contribution in [0.5, 0.6) is 5.75 Å². The lowest BCUT2D eigenvalue weighted by molar-refractivity contribution is -0.155. The Bertz CT molecular complexity index is 1690. The number of hydrogen-bond donors (Lipinski definition) is 0. The fourth-order valence-electron chi connectivity index (χ4n) is 6.89. The molecule has 0 aromatic heterocycles. The number of methoxy groups -OCH3 is 1. The highest BCUT2D eigenvalue weighted by molar-refractivity contribution is 7.89. The first-order valence-electron chi connectivity index (χ1n) is 14.9. The first-order valence-corrected chi connectivity index (χ1v) is 16.3. The zero-order chi connectivity index (χ0) is 32.9. The normalized spacial score (nSPS) is 22.8. The Kier molecular flexibility index (Phi) is 8.32. The molecule has 0 bridgehead atoms. The van der Waals surface area contributed by atoms with E-state index in [9.17, 15) is 27.6 Å². The maximum atomic E-state index is 15.0. The Morgan fingerprint density at radius 3 is 2.40 bits per heavy atom. The van der Waals surface area contributed by atoms with Gasteiger partial charge < -0.3 is 19.0 Å². The van der Waals surface area contributed by atoms with E-state index in [2.05, 4.69) is 0 Å². The SMILES string of the molecule is CCOC(=O)[C@H]1CC2=C([C@H](CC=O)[C@@]13C(=O)N(C(=O)OC(C)(C)C)c1ccc(OC)cc13)N(S(=O)(=O)c1ccc(C)cc1)CC2. The molecule has 3 aliphatic rings. The smallest absolute Gasteiger partial charge is 0.421 e. The number of anilines is 1. The van der Waals surface area contributed by atoms with E-state index in [4.69, 9.17) is 14.2 Å². The van der Waals surface area contributed by atoms with Gasteiger partial charge in [0.25, 0.3) is 10.0 Å².